The van der Waals surface area contributed by atoms with E-state index in [0.717, 1.165) is 0 Å². The molecule has 0 aliphatic heterocycles. The summed E-state index contributed by atoms with van der Waals surface area (Å²) in [6.07, 6.45) is 0. The minimum absolute atomic E-state index is 0.0176. The lowest BCUT2D eigenvalue weighted by molar-refractivity contribution is -0.144. The maximum absolute atomic E-state index is 11.3. The Morgan fingerprint density at radius 2 is 2.00 bits per heavy atom. The van der Waals surface area contributed by atoms with Gasteiger partial charge in [-0.2, -0.15) is 0 Å². The van der Waals surface area contributed by atoms with E-state index in [4.69, 9.17) is 5.73 Å². The number of ether oxygens (including phenoxy) is 1. The van der Waals surface area contributed by atoms with E-state index in [0.29, 0.717) is 0 Å². The number of aromatic hydroxyl groups is 2. The molecule has 0 radical (unpaired) electrons. The lowest BCUT2D eigenvalue weighted by atomic mass is 10.1. The van der Waals surface area contributed by atoms with Crippen molar-refractivity contribution in [3.05, 3.63) is 23.8 Å². The maximum Gasteiger partial charge on any atom is 0.327 e. The van der Waals surface area contributed by atoms with Crippen molar-refractivity contribution in [2.45, 2.75) is 13.0 Å². The van der Waals surface area contributed by atoms with Crippen molar-refractivity contribution < 1.29 is 19.7 Å². The second kappa shape index (κ2) is 4.65. The molecule has 0 fully saturated rings. The number of rotatable bonds is 3. The van der Waals surface area contributed by atoms with Gasteiger partial charge in [0.2, 0.25) is 0 Å². The third-order valence-electron chi connectivity index (χ3n) is 1.91. The molecule has 5 heteroatoms. The smallest absolute Gasteiger partial charge is 0.327 e. The zero-order valence-electron chi connectivity index (χ0n) is 8.30. The molecule has 1 atom stereocenters. The van der Waals surface area contributed by atoms with E-state index in [-0.39, 0.29) is 23.7 Å². The van der Waals surface area contributed by atoms with Crippen molar-refractivity contribution in [3.8, 4) is 11.5 Å². The molecule has 0 heterocycles. The van der Waals surface area contributed by atoms with Crippen LogP contribution in [0.5, 0.6) is 11.5 Å². The Hall–Kier alpha value is -1.75. The molecule has 1 unspecified atom stereocenters. The number of esters is 1. The first-order chi connectivity index (χ1) is 7.07. The summed E-state index contributed by atoms with van der Waals surface area (Å²) in [7, 11) is 0. The van der Waals surface area contributed by atoms with E-state index in [2.05, 4.69) is 4.74 Å². The number of phenolic OH excluding ortho intramolecular Hbond substituents is 2. The van der Waals surface area contributed by atoms with Gasteiger partial charge in [-0.1, -0.05) is 6.07 Å². The Morgan fingerprint density at radius 1 is 1.47 bits per heavy atom. The van der Waals surface area contributed by atoms with Crippen molar-refractivity contribution in [3.63, 3.8) is 0 Å². The third-order valence-corrected chi connectivity index (χ3v) is 1.91. The van der Waals surface area contributed by atoms with Crippen LogP contribution >= 0.6 is 0 Å². The number of hydrogen-bond acceptors (Lipinski definition) is 5. The highest BCUT2D eigenvalue weighted by Crippen LogP contribution is 2.31. The molecule has 0 aromatic heterocycles. The highest BCUT2D eigenvalue weighted by Gasteiger charge is 2.23. The van der Waals surface area contributed by atoms with Crippen LogP contribution in [-0.4, -0.2) is 22.8 Å². The first-order valence-electron chi connectivity index (χ1n) is 4.51. The lowest BCUT2D eigenvalue weighted by Gasteiger charge is -2.13. The Bertz CT molecular complexity index is 344. The highest BCUT2D eigenvalue weighted by atomic mass is 16.5. The van der Waals surface area contributed by atoms with Crippen LogP contribution in [0, 0.1) is 0 Å². The molecule has 0 spiro atoms. The van der Waals surface area contributed by atoms with Crippen LogP contribution < -0.4 is 5.73 Å². The summed E-state index contributed by atoms with van der Waals surface area (Å²) in [4.78, 5) is 11.3. The topological polar surface area (TPSA) is 92.8 Å². The van der Waals surface area contributed by atoms with E-state index in [1.54, 1.807) is 6.92 Å². The van der Waals surface area contributed by atoms with E-state index in [1.807, 2.05) is 0 Å². The van der Waals surface area contributed by atoms with Gasteiger partial charge in [0.15, 0.2) is 0 Å². The monoisotopic (exact) mass is 211 g/mol. The third kappa shape index (κ3) is 2.38. The summed E-state index contributed by atoms with van der Waals surface area (Å²) in [5, 5.41) is 18.9. The van der Waals surface area contributed by atoms with Crippen LogP contribution in [0.3, 0.4) is 0 Å². The van der Waals surface area contributed by atoms with Gasteiger partial charge < -0.3 is 20.7 Å². The highest BCUT2D eigenvalue weighted by molar-refractivity contribution is 5.79. The minimum atomic E-state index is -1.17. The quantitative estimate of drug-likeness (QED) is 0.639. The van der Waals surface area contributed by atoms with Crippen molar-refractivity contribution in [2.24, 2.45) is 5.73 Å². The molecule has 82 valence electrons. The molecular formula is C10H13NO4. The molecule has 1 rings (SSSR count). The summed E-state index contributed by atoms with van der Waals surface area (Å²) in [5.41, 5.74) is 5.51. The summed E-state index contributed by atoms with van der Waals surface area (Å²) in [6, 6.07) is 2.96. The number of hydrogen-bond donors (Lipinski definition) is 3. The number of carbonyl (C=O) groups excluding carboxylic acids is 1. The Labute approximate surface area is 87.1 Å². The zero-order chi connectivity index (χ0) is 11.4. The summed E-state index contributed by atoms with van der Waals surface area (Å²) in [6.45, 7) is 1.84. The predicted octanol–water partition coefficient (Wildman–Crippen LogP) is 0.661. The van der Waals surface area contributed by atoms with Gasteiger partial charge in [-0.3, -0.25) is 0 Å². The number of carbonyl (C=O) groups is 1. The summed E-state index contributed by atoms with van der Waals surface area (Å²) in [5.74, 6) is -1.14. The SMILES string of the molecule is CCOC(=O)C(N)c1c(O)cccc1O. The second-order valence-electron chi connectivity index (χ2n) is 2.94. The van der Waals surface area contributed by atoms with Crippen LogP contribution in [-0.2, 0) is 9.53 Å². The van der Waals surface area contributed by atoms with Gasteiger partial charge in [-0.15, -0.1) is 0 Å². The molecule has 0 bridgehead atoms. The lowest BCUT2D eigenvalue weighted by Crippen LogP contribution is -2.23. The molecule has 1 aromatic carbocycles. The van der Waals surface area contributed by atoms with Crippen molar-refractivity contribution >= 4 is 5.97 Å². The number of phenols is 2. The van der Waals surface area contributed by atoms with E-state index >= 15 is 0 Å². The standard InChI is InChI=1S/C10H13NO4/c1-2-15-10(14)9(11)8-6(12)4-3-5-7(8)13/h3-5,9,12-13H,2,11H2,1H3. The fourth-order valence-corrected chi connectivity index (χ4v) is 1.21. The van der Waals surface area contributed by atoms with E-state index in [1.165, 1.54) is 18.2 Å². The van der Waals surface area contributed by atoms with Crippen LogP contribution in [0.25, 0.3) is 0 Å². The van der Waals surface area contributed by atoms with Crippen LogP contribution in [0.4, 0.5) is 0 Å². The molecule has 0 aliphatic rings. The normalized spacial score (nSPS) is 12.1. The predicted molar refractivity (Wildman–Crippen MR) is 53.3 cm³/mol. The zero-order valence-corrected chi connectivity index (χ0v) is 8.30. The van der Waals surface area contributed by atoms with Crippen LogP contribution in [0.15, 0.2) is 18.2 Å². The second-order valence-corrected chi connectivity index (χ2v) is 2.94. The molecule has 0 saturated heterocycles. The summed E-state index contributed by atoms with van der Waals surface area (Å²) < 4.78 is 4.68. The van der Waals surface area contributed by atoms with Gasteiger partial charge in [-0.05, 0) is 19.1 Å². The molecular weight excluding hydrogens is 198 g/mol. The van der Waals surface area contributed by atoms with Crippen molar-refractivity contribution in [1.29, 1.82) is 0 Å². The van der Waals surface area contributed by atoms with Gasteiger partial charge in [-0.25, -0.2) is 4.79 Å². The average Bonchev–Trinajstić information content (AvgIpc) is 2.17. The van der Waals surface area contributed by atoms with E-state index < -0.39 is 12.0 Å². The van der Waals surface area contributed by atoms with Gasteiger partial charge in [0.1, 0.15) is 17.5 Å². The molecule has 0 saturated carbocycles. The minimum Gasteiger partial charge on any atom is -0.507 e. The largest absolute Gasteiger partial charge is 0.507 e. The molecule has 1 aromatic rings. The molecule has 5 nitrogen and oxygen atoms in total. The fraction of sp³-hybridized carbons (Fsp3) is 0.300. The average molecular weight is 211 g/mol. The van der Waals surface area contributed by atoms with Crippen LogP contribution in [0.1, 0.15) is 18.5 Å². The number of nitrogens with two attached hydrogens (primary N) is 1. The molecule has 0 amide bonds. The van der Waals surface area contributed by atoms with Crippen molar-refractivity contribution in [2.75, 3.05) is 6.61 Å². The molecule has 15 heavy (non-hydrogen) atoms. The maximum atomic E-state index is 11.3. The van der Waals surface area contributed by atoms with Crippen molar-refractivity contribution in [1.82, 2.24) is 0 Å². The molecule has 0 aliphatic carbocycles. The first kappa shape index (κ1) is 11.3. The van der Waals surface area contributed by atoms with Gasteiger partial charge in [0.25, 0.3) is 0 Å². The van der Waals surface area contributed by atoms with Gasteiger partial charge >= 0.3 is 5.97 Å². The van der Waals surface area contributed by atoms with Crippen LogP contribution in [0.2, 0.25) is 0 Å². The Morgan fingerprint density at radius 3 is 2.47 bits per heavy atom. The first-order valence-corrected chi connectivity index (χ1v) is 4.51. The van der Waals surface area contributed by atoms with Gasteiger partial charge in [0.05, 0.1) is 12.2 Å². The van der Waals surface area contributed by atoms with Gasteiger partial charge in [0, 0.05) is 0 Å². The summed E-state index contributed by atoms with van der Waals surface area (Å²) >= 11 is 0. The molecule has 4 N–H and O–H groups in total. The Balaban J connectivity index is 3.00. The van der Waals surface area contributed by atoms with E-state index in [9.17, 15) is 15.0 Å². The fourth-order valence-electron chi connectivity index (χ4n) is 1.21. The number of benzene rings is 1. The Kier molecular flexibility index (Phi) is 3.51.